The van der Waals surface area contributed by atoms with Crippen LogP contribution in [0.2, 0.25) is 0 Å². The van der Waals surface area contributed by atoms with Gasteiger partial charge in [-0.2, -0.15) is 15.2 Å². The number of rotatable bonds is 8. The average molecular weight is 516 g/mol. The minimum Gasteiger partial charge on any atom is -0.455 e. The first-order valence-corrected chi connectivity index (χ1v) is 13.5. The highest BCUT2D eigenvalue weighted by molar-refractivity contribution is 5.95. The van der Waals surface area contributed by atoms with Crippen LogP contribution in [0.25, 0.3) is 10.8 Å². The number of aromatic nitrogens is 2. The highest BCUT2D eigenvalue weighted by atomic mass is 16.7. The van der Waals surface area contributed by atoms with Crippen molar-refractivity contribution < 1.29 is 14.2 Å². The van der Waals surface area contributed by atoms with Gasteiger partial charge in [0.2, 0.25) is 0 Å². The number of hydrogen-bond donors (Lipinski definition) is 0. The van der Waals surface area contributed by atoms with Crippen LogP contribution in [0.3, 0.4) is 0 Å². The van der Waals surface area contributed by atoms with E-state index in [2.05, 4.69) is 59.2 Å². The smallest absolute Gasteiger partial charge is 0.319 e. The maximum atomic E-state index is 9.30. The Morgan fingerprint density at radius 3 is 2.71 bits per heavy atom. The van der Waals surface area contributed by atoms with Crippen LogP contribution >= 0.6 is 0 Å². The number of aryl methyl sites for hydroxylation is 1. The number of nitriles is 1. The van der Waals surface area contributed by atoms with E-state index in [9.17, 15) is 5.26 Å². The molecule has 0 radical (unpaired) electrons. The molecule has 8 heteroatoms. The quantitative estimate of drug-likeness (QED) is 0.387. The topological polar surface area (TPSA) is 83.7 Å². The molecule has 0 bridgehead atoms. The second-order valence-electron chi connectivity index (χ2n) is 10.4. The zero-order valence-electron chi connectivity index (χ0n) is 22.8. The van der Waals surface area contributed by atoms with E-state index in [4.69, 9.17) is 24.2 Å². The third kappa shape index (κ3) is 5.40. The largest absolute Gasteiger partial charge is 0.455 e. The van der Waals surface area contributed by atoms with E-state index >= 15 is 0 Å². The number of methoxy groups -OCH3 is 2. The van der Waals surface area contributed by atoms with E-state index in [1.165, 1.54) is 27.6 Å². The van der Waals surface area contributed by atoms with Gasteiger partial charge >= 0.3 is 6.01 Å². The molecule has 0 unspecified atom stereocenters. The minimum absolute atomic E-state index is 0.337. The third-order valence-electron chi connectivity index (χ3n) is 7.69. The number of nitrogens with zero attached hydrogens (tertiary/aromatic N) is 5. The van der Waals surface area contributed by atoms with Crippen molar-refractivity contribution in [2.24, 2.45) is 5.92 Å². The van der Waals surface area contributed by atoms with Crippen LogP contribution in [0.15, 0.2) is 36.4 Å². The SMILES string of the molecule is COC(OC)[C@@H](C)Oc1nc2c(c(N3CCC[C@@H](CC#N)C3)n1)CCN(c1cc(C)cc3ccccc13)C2. The molecule has 8 nitrogen and oxygen atoms in total. The molecule has 1 saturated heterocycles. The van der Waals surface area contributed by atoms with E-state index in [1.807, 2.05) is 6.92 Å². The summed E-state index contributed by atoms with van der Waals surface area (Å²) in [6.07, 6.45) is 2.64. The molecule has 0 aliphatic carbocycles. The Kier molecular flexibility index (Phi) is 7.96. The van der Waals surface area contributed by atoms with E-state index in [0.29, 0.717) is 24.9 Å². The fourth-order valence-electron chi connectivity index (χ4n) is 5.86. The van der Waals surface area contributed by atoms with Crippen molar-refractivity contribution >= 4 is 22.3 Å². The zero-order valence-corrected chi connectivity index (χ0v) is 22.8. The Labute approximate surface area is 225 Å². The van der Waals surface area contributed by atoms with Gasteiger partial charge in [0.15, 0.2) is 6.29 Å². The van der Waals surface area contributed by atoms with Crippen molar-refractivity contribution in [2.45, 2.75) is 58.5 Å². The Balaban J connectivity index is 1.52. The highest BCUT2D eigenvalue weighted by Gasteiger charge is 2.30. The number of ether oxygens (including phenoxy) is 3. The normalized spacial score (nSPS) is 18.4. The van der Waals surface area contributed by atoms with Crippen molar-refractivity contribution in [1.29, 1.82) is 5.26 Å². The summed E-state index contributed by atoms with van der Waals surface area (Å²) in [6, 6.07) is 15.8. The predicted octanol–water partition coefficient (Wildman–Crippen LogP) is 5.02. The number of benzene rings is 2. The first-order chi connectivity index (χ1) is 18.5. The average Bonchev–Trinajstić information content (AvgIpc) is 2.93. The highest BCUT2D eigenvalue weighted by Crippen LogP contribution is 2.36. The van der Waals surface area contributed by atoms with Gasteiger partial charge in [0, 0.05) is 56.9 Å². The van der Waals surface area contributed by atoms with Crippen LogP contribution in [0.1, 0.15) is 43.0 Å². The molecule has 2 aliphatic heterocycles. The lowest BCUT2D eigenvalue weighted by atomic mass is 9.94. The van der Waals surface area contributed by atoms with Crippen molar-refractivity contribution in [2.75, 3.05) is 43.7 Å². The van der Waals surface area contributed by atoms with E-state index < -0.39 is 6.29 Å². The summed E-state index contributed by atoms with van der Waals surface area (Å²) in [5.74, 6) is 1.30. The molecule has 2 aliphatic rings. The zero-order chi connectivity index (χ0) is 26.6. The maximum Gasteiger partial charge on any atom is 0.319 e. The predicted molar refractivity (Wildman–Crippen MR) is 149 cm³/mol. The van der Waals surface area contributed by atoms with E-state index in [0.717, 1.165) is 50.4 Å². The van der Waals surface area contributed by atoms with Crippen molar-refractivity contribution in [3.63, 3.8) is 0 Å². The van der Waals surface area contributed by atoms with Gasteiger partial charge in [-0.3, -0.25) is 0 Å². The molecular formula is C30H37N5O3. The number of piperidine rings is 1. The molecule has 0 N–H and O–H groups in total. The summed E-state index contributed by atoms with van der Waals surface area (Å²) in [5.41, 5.74) is 4.65. The van der Waals surface area contributed by atoms with Crippen molar-refractivity contribution in [3.8, 4) is 12.1 Å². The molecule has 0 spiro atoms. The lowest BCUT2D eigenvalue weighted by molar-refractivity contribution is -0.152. The monoisotopic (exact) mass is 515 g/mol. The van der Waals surface area contributed by atoms with Crippen molar-refractivity contribution in [3.05, 3.63) is 53.2 Å². The standard InChI is InChI=1S/C30H37N5O3/c1-20-16-23-9-5-6-10-24(23)27(17-20)34-15-12-25-26(19-34)32-30(38-21(2)29(36-3)37-4)33-28(25)35-14-7-8-22(18-35)11-13-31/h5-6,9-10,16-17,21-22,29H,7-8,11-12,14-15,18-19H2,1-4H3/t21-,22+/m1/s1. The summed E-state index contributed by atoms with van der Waals surface area (Å²) in [4.78, 5) is 14.6. The summed E-state index contributed by atoms with van der Waals surface area (Å²) in [7, 11) is 3.20. The fraction of sp³-hybridized carbons (Fsp3) is 0.500. The van der Waals surface area contributed by atoms with Crippen LogP contribution in [0.5, 0.6) is 6.01 Å². The number of hydrogen-bond acceptors (Lipinski definition) is 8. The third-order valence-corrected chi connectivity index (χ3v) is 7.69. The van der Waals surface area contributed by atoms with Crippen LogP contribution < -0.4 is 14.5 Å². The maximum absolute atomic E-state index is 9.30. The summed E-state index contributed by atoms with van der Waals surface area (Å²) >= 11 is 0. The fourth-order valence-corrected chi connectivity index (χ4v) is 5.86. The molecule has 0 saturated carbocycles. The number of anilines is 2. The molecule has 0 amide bonds. The van der Waals surface area contributed by atoms with Crippen LogP contribution in [0, 0.1) is 24.2 Å². The second kappa shape index (κ2) is 11.5. The van der Waals surface area contributed by atoms with E-state index in [1.54, 1.807) is 14.2 Å². The molecule has 3 heterocycles. The molecule has 2 atom stereocenters. The van der Waals surface area contributed by atoms with Gasteiger partial charge in [-0.1, -0.05) is 30.3 Å². The van der Waals surface area contributed by atoms with E-state index in [-0.39, 0.29) is 6.10 Å². The molecule has 2 aromatic carbocycles. The molecule has 3 aromatic rings. The number of fused-ring (bicyclic) bond motifs is 2. The van der Waals surface area contributed by atoms with Gasteiger partial charge in [0.05, 0.1) is 18.3 Å². The van der Waals surface area contributed by atoms with Crippen LogP contribution in [-0.4, -0.2) is 56.2 Å². The molecule has 200 valence electrons. The summed E-state index contributed by atoms with van der Waals surface area (Å²) < 4.78 is 17.0. The molecule has 1 fully saturated rings. The summed E-state index contributed by atoms with van der Waals surface area (Å²) in [6.45, 7) is 7.36. The Bertz CT molecular complexity index is 1320. The van der Waals surface area contributed by atoms with Crippen molar-refractivity contribution in [1.82, 2.24) is 9.97 Å². The van der Waals surface area contributed by atoms with Gasteiger partial charge in [0.25, 0.3) is 0 Å². The Morgan fingerprint density at radius 2 is 1.92 bits per heavy atom. The van der Waals surface area contributed by atoms with Gasteiger partial charge in [-0.05, 0) is 56.0 Å². The van der Waals surface area contributed by atoms with Crippen LogP contribution in [0.4, 0.5) is 11.5 Å². The van der Waals surface area contributed by atoms with Gasteiger partial charge in [-0.25, -0.2) is 0 Å². The Hall–Kier alpha value is -3.41. The molecule has 5 rings (SSSR count). The first kappa shape index (κ1) is 26.2. The van der Waals surface area contributed by atoms with Gasteiger partial charge in [0.1, 0.15) is 11.9 Å². The Morgan fingerprint density at radius 1 is 1.11 bits per heavy atom. The second-order valence-corrected chi connectivity index (χ2v) is 10.4. The lowest BCUT2D eigenvalue weighted by Crippen LogP contribution is -2.39. The molecular weight excluding hydrogens is 478 g/mol. The van der Waals surface area contributed by atoms with Crippen LogP contribution in [-0.2, 0) is 22.4 Å². The lowest BCUT2D eigenvalue weighted by Gasteiger charge is -2.37. The van der Waals surface area contributed by atoms with Gasteiger partial charge in [-0.15, -0.1) is 0 Å². The minimum atomic E-state index is -0.525. The summed E-state index contributed by atoms with van der Waals surface area (Å²) in [5, 5.41) is 11.8. The first-order valence-electron chi connectivity index (χ1n) is 13.5. The molecule has 1 aromatic heterocycles. The molecule has 38 heavy (non-hydrogen) atoms. The van der Waals surface area contributed by atoms with Gasteiger partial charge < -0.3 is 24.0 Å².